The van der Waals surface area contributed by atoms with Gasteiger partial charge in [-0.25, -0.2) is 39.6 Å². The van der Waals surface area contributed by atoms with Gasteiger partial charge in [0.1, 0.15) is 21.8 Å². The maximum atomic E-state index is 14.8. The topological polar surface area (TPSA) is 123 Å². The summed E-state index contributed by atoms with van der Waals surface area (Å²) < 4.78 is 81.0. The molecule has 1 aromatic carbocycles. The molecule has 38 heavy (non-hydrogen) atoms. The molecule has 0 aliphatic carbocycles. The smallest absolute Gasteiger partial charge is 0.269 e. The van der Waals surface area contributed by atoms with Crippen LogP contribution >= 0.6 is 0 Å². The first-order valence-electron chi connectivity index (χ1n) is 11.7. The van der Waals surface area contributed by atoms with E-state index in [1.807, 2.05) is 27.7 Å². The molecule has 9 nitrogen and oxygen atoms in total. The van der Waals surface area contributed by atoms with E-state index in [0.717, 1.165) is 34.3 Å². The zero-order valence-electron chi connectivity index (χ0n) is 21.5. The molecular weight excluding hydrogens is 536 g/mol. The molecule has 13 heteroatoms. The summed E-state index contributed by atoms with van der Waals surface area (Å²) in [6.45, 7) is 7.27. The molecule has 2 N–H and O–H groups in total. The highest BCUT2D eigenvalue weighted by Crippen LogP contribution is 2.32. The Morgan fingerprint density at radius 1 is 1.13 bits per heavy atom. The van der Waals surface area contributed by atoms with Crippen LogP contribution in [0.25, 0.3) is 11.0 Å². The molecule has 0 fully saturated rings. The Hall–Kier alpha value is -3.32. The standard InChI is InChI=1S/C25H29F2N5O4S2/c1-15-6-8-17(9-7-15)38(35,36)32-13-19(18-10-16(26)11-29-24(18)32)22-28-12-20(27)23(31-22)30-21(25(2,3)4)14-37(5,33)34/h6-13,21-22,28H,14H2,1-5H3,(H,30,31)/t21-,22?/m1/s1. The SMILES string of the molecule is Cc1ccc(S(=O)(=O)n2cc(C3N=C(N[C@H](CS(C)(=O)=O)C(C)(C)C)C(F)=CN3)c3cc(F)cnc32)cc1. The fraction of sp³-hybridized carbons (Fsp3) is 0.360. The van der Waals surface area contributed by atoms with Crippen LogP contribution in [0.3, 0.4) is 0 Å². The predicted octanol–water partition coefficient (Wildman–Crippen LogP) is 3.58. The molecule has 0 spiro atoms. The highest BCUT2D eigenvalue weighted by atomic mass is 32.2. The van der Waals surface area contributed by atoms with Crippen LogP contribution in [0.4, 0.5) is 8.78 Å². The third-order valence-corrected chi connectivity index (χ3v) is 8.76. The number of nitrogens with one attached hydrogen (secondary N) is 2. The summed E-state index contributed by atoms with van der Waals surface area (Å²) in [7, 11) is -7.52. The number of fused-ring (bicyclic) bond motifs is 1. The first-order chi connectivity index (χ1) is 17.6. The summed E-state index contributed by atoms with van der Waals surface area (Å²) in [5.41, 5.74) is 0.521. The van der Waals surface area contributed by atoms with Crippen molar-refractivity contribution < 1.29 is 25.6 Å². The van der Waals surface area contributed by atoms with Crippen molar-refractivity contribution in [2.24, 2.45) is 10.4 Å². The van der Waals surface area contributed by atoms with E-state index in [-0.39, 0.29) is 33.1 Å². The second-order valence-electron chi connectivity index (χ2n) is 10.4. The van der Waals surface area contributed by atoms with Crippen LogP contribution in [-0.4, -0.2) is 49.7 Å². The van der Waals surface area contributed by atoms with Crippen molar-refractivity contribution in [2.75, 3.05) is 12.0 Å². The Kier molecular flexibility index (Phi) is 7.12. The van der Waals surface area contributed by atoms with E-state index >= 15 is 0 Å². The molecule has 1 aliphatic heterocycles. The number of halogens is 2. The van der Waals surface area contributed by atoms with E-state index in [4.69, 9.17) is 0 Å². The highest BCUT2D eigenvalue weighted by molar-refractivity contribution is 7.90. The van der Waals surface area contributed by atoms with Gasteiger partial charge in [0, 0.05) is 35.6 Å². The number of amidine groups is 1. The fourth-order valence-corrected chi connectivity index (χ4v) is 6.51. The molecular formula is C25H29F2N5O4S2. The quantitative estimate of drug-likeness (QED) is 0.468. The van der Waals surface area contributed by atoms with Crippen LogP contribution in [0.2, 0.25) is 0 Å². The summed E-state index contributed by atoms with van der Waals surface area (Å²) in [6, 6.07) is 6.70. The minimum atomic E-state index is -4.11. The molecule has 0 saturated carbocycles. The maximum absolute atomic E-state index is 14.8. The van der Waals surface area contributed by atoms with Crippen molar-refractivity contribution >= 4 is 36.7 Å². The second-order valence-corrected chi connectivity index (χ2v) is 14.4. The van der Waals surface area contributed by atoms with Gasteiger partial charge in [-0.2, -0.15) is 0 Å². The second kappa shape index (κ2) is 9.77. The Morgan fingerprint density at radius 2 is 1.79 bits per heavy atom. The van der Waals surface area contributed by atoms with Gasteiger partial charge in [0.05, 0.1) is 16.8 Å². The molecule has 4 rings (SSSR count). The van der Waals surface area contributed by atoms with Crippen molar-refractivity contribution in [3.05, 3.63) is 71.7 Å². The lowest BCUT2D eigenvalue weighted by atomic mass is 9.88. The zero-order chi connectivity index (χ0) is 28.0. The average molecular weight is 566 g/mol. The number of pyridine rings is 1. The Bertz CT molecular complexity index is 1660. The highest BCUT2D eigenvalue weighted by Gasteiger charge is 2.32. The lowest BCUT2D eigenvalue weighted by Crippen LogP contribution is -2.49. The monoisotopic (exact) mass is 565 g/mol. The van der Waals surface area contributed by atoms with E-state index in [1.54, 1.807) is 12.1 Å². The molecule has 3 aromatic rings. The molecule has 0 bridgehead atoms. The molecule has 1 aliphatic rings. The number of aromatic nitrogens is 2. The number of hydrogen-bond donors (Lipinski definition) is 2. The first kappa shape index (κ1) is 27.7. The Labute approximate surface area is 220 Å². The molecule has 2 aromatic heterocycles. The van der Waals surface area contributed by atoms with Crippen molar-refractivity contribution in [2.45, 2.75) is 44.8 Å². The normalized spacial score (nSPS) is 17.5. The summed E-state index contributed by atoms with van der Waals surface area (Å²) in [6.07, 6.45) is 3.31. The minimum absolute atomic E-state index is 0.0138. The van der Waals surface area contributed by atoms with Gasteiger partial charge in [0.25, 0.3) is 10.0 Å². The number of sulfone groups is 1. The van der Waals surface area contributed by atoms with Gasteiger partial charge in [0.15, 0.2) is 17.3 Å². The number of hydrogen-bond acceptors (Lipinski definition) is 8. The van der Waals surface area contributed by atoms with Gasteiger partial charge < -0.3 is 10.6 Å². The summed E-state index contributed by atoms with van der Waals surface area (Å²) in [5.74, 6) is -1.91. The molecule has 204 valence electrons. The third-order valence-electron chi connectivity index (χ3n) is 6.16. The van der Waals surface area contributed by atoms with Crippen molar-refractivity contribution in [3.63, 3.8) is 0 Å². The lowest BCUT2D eigenvalue weighted by Gasteiger charge is -2.33. The molecule has 0 saturated heterocycles. The predicted molar refractivity (Wildman–Crippen MR) is 142 cm³/mol. The van der Waals surface area contributed by atoms with Crippen LogP contribution in [-0.2, 0) is 19.9 Å². The number of aliphatic imine (C=N–C) groups is 1. The van der Waals surface area contributed by atoms with E-state index in [2.05, 4.69) is 20.6 Å². The number of benzene rings is 1. The van der Waals surface area contributed by atoms with E-state index < -0.39 is 49.1 Å². The molecule has 3 heterocycles. The van der Waals surface area contributed by atoms with E-state index in [0.29, 0.717) is 0 Å². The number of rotatable bonds is 6. The van der Waals surface area contributed by atoms with Gasteiger partial charge in [-0.15, -0.1) is 0 Å². The van der Waals surface area contributed by atoms with Gasteiger partial charge >= 0.3 is 0 Å². The Morgan fingerprint density at radius 3 is 2.39 bits per heavy atom. The van der Waals surface area contributed by atoms with Crippen LogP contribution in [0, 0.1) is 18.2 Å². The summed E-state index contributed by atoms with van der Waals surface area (Å²) in [5, 5.41) is 5.83. The lowest BCUT2D eigenvalue weighted by molar-refractivity contribution is 0.315. The van der Waals surface area contributed by atoms with Crippen LogP contribution < -0.4 is 10.6 Å². The molecule has 2 atom stereocenters. The van der Waals surface area contributed by atoms with E-state index in [9.17, 15) is 25.6 Å². The largest absolute Gasteiger partial charge is 0.364 e. The number of aryl methyl sites for hydroxylation is 1. The summed E-state index contributed by atoms with van der Waals surface area (Å²) in [4.78, 5) is 8.41. The van der Waals surface area contributed by atoms with Crippen LogP contribution in [0.1, 0.15) is 38.1 Å². The maximum Gasteiger partial charge on any atom is 0.269 e. The van der Waals surface area contributed by atoms with Gasteiger partial charge in [-0.05, 0) is 30.5 Å². The molecule has 1 unspecified atom stereocenters. The third kappa shape index (κ3) is 5.73. The zero-order valence-corrected chi connectivity index (χ0v) is 23.2. The van der Waals surface area contributed by atoms with Gasteiger partial charge in [0.2, 0.25) is 0 Å². The summed E-state index contributed by atoms with van der Waals surface area (Å²) >= 11 is 0. The van der Waals surface area contributed by atoms with Crippen molar-refractivity contribution in [1.29, 1.82) is 0 Å². The van der Waals surface area contributed by atoms with Crippen molar-refractivity contribution in [3.8, 4) is 0 Å². The fourth-order valence-electron chi connectivity index (χ4n) is 3.99. The average Bonchev–Trinajstić information content (AvgIpc) is 3.18. The number of nitrogens with zero attached hydrogens (tertiary/aromatic N) is 3. The van der Waals surface area contributed by atoms with Crippen molar-refractivity contribution in [1.82, 2.24) is 19.6 Å². The van der Waals surface area contributed by atoms with Crippen LogP contribution in [0.15, 0.2) is 64.6 Å². The minimum Gasteiger partial charge on any atom is -0.364 e. The molecule has 0 amide bonds. The van der Waals surface area contributed by atoms with Gasteiger partial charge in [-0.1, -0.05) is 38.5 Å². The van der Waals surface area contributed by atoms with Crippen LogP contribution in [0.5, 0.6) is 0 Å². The first-order valence-corrected chi connectivity index (χ1v) is 15.2. The van der Waals surface area contributed by atoms with Gasteiger partial charge in [-0.3, -0.25) is 0 Å². The molecule has 0 radical (unpaired) electrons. The van der Waals surface area contributed by atoms with E-state index in [1.165, 1.54) is 18.3 Å². The Balaban J connectivity index is 1.81.